The molecule has 0 bridgehead atoms. The predicted octanol–water partition coefficient (Wildman–Crippen LogP) is 5.21. The Morgan fingerprint density at radius 1 is 0.879 bits per heavy atom. The van der Waals surface area contributed by atoms with E-state index in [0.29, 0.717) is 59.2 Å². The van der Waals surface area contributed by atoms with Gasteiger partial charge in [0.25, 0.3) is 11.8 Å². The molecule has 0 unspecified atom stereocenters. The molecule has 66 heavy (non-hydrogen) atoms. The number of urea groups is 1. The highest BCUT2D eigenvalue weighted by atomic mass is 32.2. The Morgan fingerprint density at radius 2 is 1.62 bits per heavy atom. The summed E-state index contributed by atoms with van der Waals surface area (Å²) >= 11 is 1.85. The molecule has 6 amide bonds. The van der Waals surface area contributed by atoms with Crippen LogP contribution < -0.4 is 31.5 Å². The van der Waals surface area contributed by atoms with Gasteiger partial charge in [-0.3, -0.25) is 24.1 Å². The topological polar surface area (TPSA) is 185 Å². The monoisotopic (exact) mass is 936 g/mol. The quantitative estimate of drug-likeness (QED) is 0.0426. The maximum Gasteiger partial charge on any atom is 0.416 e. The van der Waals surface area contributed by atoms with Gasteiger partial charge in [0.1, 0.15) is 17.7 Å². The Balaban J connectivity index is 0.936. The summed E-state index contributed by atoms with van der Waals surface area (Å²) in [6, 6.07) is 17.0. The number of amides is 6. The summed E-state index contributed by atoms with van der Waals surface area (Å²) in [5.41, 5.74) is 0.432. The number of likely N-dealkylation sites (N-methyl/N-ethyl adjacent to an activating group) is 1. The fourth-order valence-corrected chi connectivity index (χ4v) is 9.97. The number of aromatic nitrogens is 2. The summed E-state index contributed by atoms with van der Waals surface area (Å²) in [6.07, 6.45) is -1.72. The molecule has 0 saturated carbocycles. The number of thioether (sulfide) groups is 1. The van der Waals surface area contributed by atoms with Gasteiger partial charge in [-0.05, 0) is 67.8 Å². The van der Waals surface area contributed by atoms with Crippen molar-refractivity contribution in [3.63, 3.8) is 0 Å². The number of nitrogens with one attached hydrogen (secondary N) is 5. The van der Waals surface area contributed by atoms with Crippen molar-refractivity contribution < 1.29 is 51.0 Å². The molecular formula is C46H52F4N8O7S. The minimum Gasteiger partial charge on any atom is -0.379 e. The maximum atomic E-state index is 14.5. The molecule has 4 aromatic rings. The maximum absolute atomic E-state index is 14.5. The molecule has 15 nitrogen and oxygen atoms in total. The molecule has 0 aliphatic carbocycles. The zero-order valence-corrected chi connectivity index (χ0v) is 37.0. The lowest BCUT2D eigenvalue weighted by Crippen LogP contribution is -2.55. The van der Waals surface area contributed by atoms with E-state index >= 15 is 0 Å². The fraction of sp³-hybridized carbons (Fsp3) is 0.435. The minimum atomic E-state index is -4.72. The molecule has 4 heterocycles. The molecule has 7 rings (SSSR count). The number of ether oxygens (including phenoxy) is 2. The van der Waals surface area contributed by atoms with Crippen molar-refractivity contribution in [1.82, 2.24) is 36.4 Å². The van der Waals surface area contributed by atoms with Gasteiger partial charge in [0.15, 0.2) is 0 Å². The van der Waals surface area contributed by atoms with Gasteiger partial charge in [0.05, 0.1) is 62.0 Å². The third kappa shape index (κ3) is 11.7. The van der Waals surface area contributed by atoms with Crippen LogP contribution in [0.5, 0.6) is 0 Å². The van der Waals surface area contributed by atoms with Crippen LogP contribution in [0.15, 0.2) is 78.9 Å². The zero-order chi connectivity index (χ0) is 46.8. The minimum absolute atomic E-state index is 0.0134. The van der Waals surface area contributed by atoms with E-state index in [2.05, 4.69) is 26.6 Å². The van der Waals surface area contributed by atoms with Gasteiger partial charge in [0, 0.05) is 54.0 Å². The van der Waals surface area contributed by atoms with E-state index in [-0.39, 0.29) is 74.8 Å². The Labute approximate surface area is 383 Å². The number of para-hydroxylation sites is 1. The van der Waals surface area contributed by atoms with Crippen LogP contribution in [0.3, 0.4) is 0 Å². The number of hydrogen-bond acceptors (Lipinski definition) is 9. The molecule has 3 aromatic carbocycles. The van der Waals surface area contributed by atoms with Crippen molar-refractivity contribution in [2.24, 2.45) is 0 Å². The molecule has 5 atom stereocenters. The number of rotatable bonds is 21. The smallest absolute Gasteiger partial charge is 0.379 e. The molecule has 3 aliphatic heterocycles. The average molecular weight is 937 g/mol. The van der Waals surface area contributed by atoms with E-state index < -0.39 is 41.3 Å². The van der Waals surface area contributed by atoms with Crippen LogP contribution >= 0.6 is 11.8 Å². The van der Waals surface area contributed by atoms with Crippen LogP contribution in [-0.4, -0.2) is 108 Å². The molecule has 5 N–H and O–H groups in total. The largest absolute Gasteiger partial charge is 0.416 e. The number of halogens is 4. The van der Waals surface area contributed by atoms with Crippen LogP contribution in [0.1, 0.15) is 77.7 Å². The van der Waals surface area contributed by atoms with Crippen molar-refractivity contribution in [2.45, 2.75) is 81.0 Å². The second kappa shape index (κ2) is 22.0. The second-order valence-electron chi connectivity index (χ2n) is 16.0. The Hall–Kier alpha value is -5.99. The lowest BCUT2D eigenvalue weighted by Gasteiger charge is -2.38. The third-order valence-corrected chi connectivity index (χ3v) is 13.1. The van der Waals surface area contributed by atoms with Crippen molar-refractivity contribution in [1.29, 1.82) is 0 Å². The molecule has 0 spiro atoms. The zero-order valence-electron chi connectivity index (χ0n) is 36.2. The summed E-state index contributed by atoms with van der Waals surface area (Å²) in [5.74, 6) is -2.23. The molecule has 352 valence electrons. The highest BCUT2D eigenvalue weighted by Crippen LogP contribution is 2.44. The number of unbranched alkanes of at least 4 members (excludes halogenated alkanes) is 1. The van der Waals surface area contributed by atoms with E-state index in [0.717, 1.165) is 37.1 Å². The lowest BCUT2D eigenvalue weighted by atomic mass is 9.80. The first-order valence-electron chi connectivity index (χ1n) is 21.9. The third-order valence-electron chi connectivity index (χ3n) is 11.6. The van der Waals surface area contributed by atoms with E-state index in [1.54, 1.807) is 35.9 Å². The SMILES string of the molecule is CCN1C(=O)[C@@H](NC(=O)c2cccc(C(F)(F)F)c2)[C@@H](c2ccc(F)cc2)c2c(CNC(=O)CCOCCOCCNC(=O)CCCC[C@@H]3SC[C@@H]4NC(=O)N[C@@H]43)nn(-c3ccccc3)c21. The van der Waals surface area contributed by atoms with E-state index in [4.69, 9.17) is 14.6 Å². The summed E-state index contributed by atoms with van der Waals surface area (Å²) in [7, 11) is 0. The van der Waals surface area contributed by atoms with E-state index in [9.17, 15) is 41.5 Å². The van der Waals surface area contributed by atoms with Gasteiger partial charge in [-0.25, -0.2) is 13.9 Å². The first kappa shape index (κ1) is 48.0. The van der Waals surface area contributed by atoms with Gasteiger partial charge in [0.2, 0.25) is 11.8 Å². The van der Waals surface area contributed by atoms with Crippen molar-refractivity contribution >= 4 is 47.2 Å². The highest BCUT2D eigenvalue weighted by molar-refractivity contribution is 8.00. The normalized spacial score (nSPS) is 20.0. The number of carbonyl (C=O) groups excluding carboxylic acids is 5. The molecule has 3 aliphatic rings. The van der Waals surface area contributed by atoms with Crippen molar-refractivity contribution in [3.05, 3.63) is 113 Å². The predicted molar refractivity (Wildman–Crippen MR) is 238 cm³/mol. The number of benzene rings is 3. The number of carbonyl (C=O) groups is 5. The summed E-state index contributed by atoms with van der Waals surface area (Å²) in [5, 5.41) is 19.6. The standard InChI is InChI=1S/C46H52F4N8O7S/c1-2-57-43-39(38(28-15-17-31(47)18-16-28)41(44(57)62)54-42(61)29-9-8-10-30(25-29)46(48,49)50)33(56-58(43)32-11-4-3-5-12-32)26-52-37(60)19-21-64-23-24-65-22-20-51-36(59)14-7-6-13-35-40-34(27-66-35)53-45(63)55-40/h3-5,8-12,15-18,25,34-35,38,40-41H,2,6-7,13-14,19-24,26-27H2,1H3,(H,51,59)(H,52,60)(H,54,61)(H2,53,55,63)/t34-,35-,38-,40-,41-/m0/s1. The molecule has 2 saturated heterocycles. The van der Waals surface area contributed by atoms with E-state index in [1.165, 1.54) is 35.2 Å². The van der Waals surface area contributed by atoms with Crippen LogP contribution in [-0.2, 0) is 36.6 Å². The summed E-state index contributed by atoms with van der Waals surface area (Å²) < 4.78 is 67.9. The summed E-state index contributed by atoms with van der Waals surface area (Å²) in [4.78, 5) is 66.7. The van der Waals surface area contributed by atoms with Gasteiger partial charge in [-0.15, -0.1) is 0 Å². The van der Waals surface area contributed by atoms with Crippen molar-refractivity contribution in [3.8, 4) is 5.69 Å². The van der Waals surface area contributed by atoms with E-state index in [1.807, 2.05) is 17.8 Å². The first-order chi connectivity index (χ1) is 31.8. The first-order valence-corrected chi connectivity index (χ1v) is 23.0. The number of fused-ring (bicyclic) bond motifs is 2. The number of hydrogen-bond donors (Lipinski definition) is 5. The molecule has 0 radical (unpaired) electrons. The van der Waals surface area contributed by atoms with Crippen LogP contribution in [0.4, 0.5) is 28.2 Å². The van der Waals surface area contributed by atoms with Gasteiger partial charge >= 0.3 is 12.2 Å². The number of anilines is 1. The van der Waals surface area contributed by atoms with Crippen molar-refractivity contribution in [2.75, 3.05) is 50.2 Å². The fourth-order valence-electron chi connectivity index (χ4n) is 8.43. The van der Waals surface area contributed by atoms with Crippen LogP contribution in [0.2, 0.25) is 0 Å². The van der Waals surface area contributed by atoms with Gasteiger partial charge < -0.3 is 36.1 Å². The lowest BCUT2D eigenvalue weighted by molar-refractivity contribution is -0.137. The number of nitrogens with zero attached hydrogens (tertiary/aromatic N) is 3. The highest BCUT2D eigenvalue weighted by Gasteiger charge is 2.47. The summed E-state index contributed by atoms with van der Waals surface area (Å²) in [6.45, 7) is 2.89. The molecule has 1 aromatic heterocycles. The Bertz CT molecular complexity index is 2350. The Morgan fingerprint density at radius 3 is 2.36 bits per heavy atom. The van der Waals surface area contributed by atoms with Crippen LogP contribution in [0.25, 0.3) is 5.69 Å². The number of alkyl halides is 3. The van der Waals surface area contributed by atoms with Crippen LogP contribution in [0, 0.1) is 5.82 Å². The Kier molecular flexibility index (Phi) is 16.0. The molecule has 2 fully saturated rings. The average Bonchev–Trinajstić information content (AvgIpc) is 3.99. The van der Waals surface area contributed by atoms with Gasteiger partial charge in [-0.1, -0.05) is 42.8 Å². The molecule has 20 heteroatoms. The van der Waals surface area contributed by atoms with Gasteiger partial charge in [-0.2, -0.15) is 30.0 Å². The second-order valence-corrected chi connectivity index (χ2v) is 17.3. The molecular weight excluding hydrogens is 885 g/mol.